The van der Waals surface area contributed by atoms with Gasteiger partial charge in [-0.05, 0) is 37.1 Å². The van der Waals surface area contributed by atoms with E-state index in [4.69, 9.17) is 4.74 Å². The van der Waals surface area contributed by atoms with Crippen molar-refractivity contribution in [2.45, 2.75) is 46.0 Å². The molecule has 0 radical (unpaired) electrons. The highest BCUT2D eigenvalue weighted by Crippen LogP contribution is 2.10. The number of carbonyl (C=O) groups excluding carboxylic acids is 2. The van der Waals surface area contributed by atoms with Crippen molar-refractivity contribution in [3.05, 3.63) is 29.8 Å². The molecule has 0 heterocycles. The van der Waals surface area contributed by atoms with Gasteiger partial charge in [-0.15, -0.1) is 0 Å². The van der Waals surface area contributed by atoms with E-state index in [1.165, 1.54) is 0 Å². The zero-order valence-corrected chi connectivity index (χ0v) is 13.5. The number of ether oxygens (including phenoxy) is 1. The third-order valence-electron chi connectivity index (χ3n) is 3.18. The molecule has 22 heavy (non-hydrogen) atoms. The molecule has 122 valence electrons. The minimum atomic E-state index is -0.330. The Hall–Kier alpha value is -2.04. The van der Waals surface area contributed by atoms with Gasteiger partial charge >= 0.3 is 12.0 Å². The zero-order chi connectivity index (χ0) is 16.2. The molecule has 0 aliphatic rings. The SMILES string of the molecule is CCCCCNC(=O)Nc1ccc(C(=O)OCCCC)cc1. The Kier molecular flexibility index (Phi) is 8.72. The smallest absolute Gasteiger partial charge is 0.338 e. The van der Waals surface area contributed by atoms with Gasteiger partial charge in [0.1, 0.15) is 0 Å². The maximum atomic E-state index is 11.7. The molecule has 1 aromatic rings. The molecular weight excluding hydrogens is 280 g/mol. The second kappa shape index (κ2) is 10.7. The van der Waals surface area contributed by atoms with Crippen LogP contribution in [0.4, 0.5) is 10.5 Å². The van der Waals surface area contributed by atoms with E-state index in [0.717, 1.165) is 32.1 Å². The van der Waals surface area contributed by atoms with Crippen LogP contribution in [-0.4, -0.2) is 25.2 Å². The number of hydrogen-bond donors (Lipinski definition) is 2. The van der Waals surface area contributed by atoms with E-state index < -0.39 is 0 Å². The fourth-order valence-corrected chi connectivity index (χ4v) is 1.83. The Morgan fingerprint density at radius 3 is 2.32 bits per heavy atom. The molecule has 1 aromatic carbocycles. The highest BCUT2D eigenvalue weighted by Gasteiger charge is 2.07. The van der Waals surface area contributed by atoms with Crippen molar-refractivity contribution in [1.29, 1.82) is 0 Å². The number of anilines is 1. The molecule has 2 N–H and O–H groups in total. The number of esters is 1. The maximum absolute atomic E-state index is 11.7. The number of hydrogen-bond acceptors (Lipinski definition) is 3. The van der Waals surface area contributed by atoms with Crippen molar-refractivity contribution in [2.24, 2.45) is 0 Å². The molecular formula is C17H26N2O3. The van der Waals surface area contributed by atoms with Crippen LogP contribution in [0.15, 0.2) is 24.3 Å². The maximum Gasteiger partial charge on any atom is 0.338 e. The summed E-state index contributed by atoms with van der Waals surface area (Å²) in [6, 6.07) is 6.47. The normalized spacial score (nSPS) is 10.1. The standard InChI is InChI=1S/C17H26N2O3/c1-3-5-7-12-18-17(21)19-15-10-8-14(9-11-15)16(20)22-13-6-4-2/h8-11H,3-7,12-13H2,1-2H3,(H2,18,19,21). The van der Waals surface area contributed by atoms with Crippen LogP contribution in [0.2, 0.25) is 0 Å². The fourth-order valence-electron chi connectivity index (χ4n) is 1.83. The van der Waals surface area contributed by atoms with E-state index in [9.17, 15) is 9.59 Å². The highest BCUT2D eigenvalue weighted by atomic mass is 16.5. The molecule has 0 saturated heterocycles. The van der Waals surface area contributed by atoms with E-state index in [-0.39, 0.29) is 12.0 Å². The third-order valence-corrected chi connectivity index (χ3v) is 3.18. The first-order valence-corrected chi connectivity index (χ1v) is 7.99. The van der Waals surface area contributed by atoms with Gasteiger partial charge in [-0.3, -0.25) is 0 Å². The summed E-state index contributed by atoms with van der Waals surface area (Å²) in [4.78, 5) is 23.4. The monoisotopic (exact) mass is 306 g/mol. The molecule has 5 heteroatoms. The van der Waals surface area contributed by atoms with Crippen molar-refractivity contribution in [3.63, 3.8) is 0 Å². The lowest BCUT2D eigenvalue weighted by Crippen LogP contribution is -2.29. The predicted octanol–water partition coefficient (Wildman–Crippen LogP) is 3.96. The van der Waals surface area contributed by atoms with E-state index in [0.29, 0.717) is 24.4 Å². The number of amides is 2. The van der Waals surface area contributed by atoms with Crippen molar-refractivity contribution in [3.8, 4) is 0 Å². The van der Waals surface area contributed by atoms with Crippen LogP contribution in [0, 0.1) is 0 Å². The van der Waals surface area contributed by atoms with Crippen LogP contribution < -0.4 is 10.6 Å². The molecule has 0 bridgehead atoms. The summed E-state index contributed by atoms with van der Waals surface area (Å²) in [6.07, 6.45) is 5.06. The van der Waals surface area contributed by atoms with Gasteiger partial charge in [-0.2, -0.15) is 0 Å². The fraction of sp³-hybridized carbons (Fsp3) is 0.529. The van der Waals surface area contributed by atoms with Crippen LogP contribution in [0.1, 0.15) is 56.3 Å². The Labute approximate surface area is 132 Å². The molecule has 0 fully saturated rings. The number of benzene rings is 1. The molecule has 0 aliphatic carbocycles. The number of unbranched alkanes of at least 4 members (excludes halogenated alkanes) is 3. The van der Waals surface area contributed by atoms with Crippen LogP contribution in [0.25, 0.3) is 0 Å². The molecule has 0 spiro atoms. The second-order valence-corrected chi connectivity index (χ2v) is 5.15. The highest BCUT2D eigenvalue weighted by molar-refractivity contribution is 5.92. The lowest BCUT2D eigenvalue weighted by Gasteiger charge is -2.08. The molecule has 1 rings (SSSR count). The van der Waals surface area contributed by atoms with Gasteiger partial charge < -0.3 is 15.4 Å². The van der Waals surface area contributed by atoms with Gasteiger partial charge in [-0.25, -0.2) is 9.59 Å². The van der Waals surface area contributed by atoms with E-state index in [1.54, 1.807) is 24.3 Å². The Morgan fingerprint density at radius 2 is 1.68 bits per heavy atom. The zero-order valence-electron chi connectivity index (χ0n) is 13.5. The van der Waals surface area contributed by atoms with Gasteiger partial charge in [0.2, 0.25) is 0 Å². The minimum absolute atomic E-state index is 0.227. The summed E-state index contributed by atoms with van der Waals surface area (Å²) >= 11 is 0. The summed E-state index contributed by atoms with van der Waals surface area (Å²) in [5.41, 5.74) is 1.14. The third kappa shape index (κ3) is 7.11. The largest absolute Gasteiger partial charge is 0.462 e. The second-order valence-electron chi connectivity index (χ2n) is 5.15. The van der Waals surface area contributed by atoms with Gasteiger partial charge in [0.15, 0.2) is 0 Å². The average molecular weight is 306 g/mol. The number of rotatable bonds is 9. The van der Waals surface area contributed by atoms with Gasteiger partial charge in [0.25, 0.3) is 0 Å². The molecule has 2 amide bonds. The van der Waals surface area contributed by atoms with Crippen LogP contribution in [0.3, 0.4) is 0 Å². The summed E-state index contributed by atoms with van der Waals surface area (Å²) in [5, 5.41) is 5.53. The average Bonchev–Trinajstić information content (AvgIpc) is 2.52. The summed E-state index contributed by atoms with van der Waals surface area (Å²) in [5.74, 6) is -0.330. The molecule has 5 nitrogen and oxygen atoms in total. The Morgan fingerprint density at radius 1 is 1.00 bits per heavy atom. The minimum Gasteiger partial charge on any atom is -0.462 e. The molecule has 0 saturated carbocycles. The van der Waals surface area contributed by atoms with Gasteiger partial charge in [-0.1, -0.05) is 33.1 Å². The van der Waals surface area contributed by atoms with E-state index in [2.05, 4.69) is 17.6 Å². The summed E-state index contributed by atoms with van der Waals surface area (Å²) in [6.45, 7) is 5.27. The molecule has 0 unspecified atom stereocenters. The van der Waals surface area contributed by atoms with Gasteiger partial charge in [0.05, 0.1) is 12.2 Å². The molecule has 0 aliphatic heterocycles. The quantitative estimate of drug-likeness (QED) is 0.536. The van der Waals surface area contributed by atoms with Crippen molar-refractivity contribution >= 4 is 17.7 Å². The number of nitrogens with one attached hydrogen (secondary N) is 2. The summed E-state index contributed by atoms with van der Waals surface area (Å²) < 4.78 is 5.13. The number of urea groups is 1. The number of carbonyl (C=O) groups is 2. The Balaban J connectivity index is 2.37. The first-order valence-electron chi connectivity index (χ1n) is 7.99. The van der Waals surface area contributed by atoms with Gasteiger partial charge in [0, 0.05) is 12.2 Å². The Bertz CT molecular complexity index is 457. The first-order chi connectivity index (χ1) is 10.7. The van der Waals surface area contributed by atoms with Crippen LogP contribution in [-0.2, 0) is 4.74 Å². The predicted molar refractivity (Wildman–Crippen MR) is 88.2 cm³/mol. The lowest BCUT2D eigenvalue weighted by molar-refractivity contribution is 0.0500. The van der Waals surface area contributed by atoms with E-state index >= 15 is 0 Å². The van der Waals surface area contributed by atoms with Crippen LogP contribution >= 0.6 is 0 Å². The van der Waals surface area contributed by atoms with E-state index in [1.807, 2.05) is 6.92 Å². The first kappa shape index (κ1) is 18.0. The topological polar surface area (TPSA) is 67.4 Å². The van der Waals surface area contributed by atoms with Crippen LogP contribution in [0.5, 0.6) is 0 Å². The summed E-state index contributed by atoms with van der Waals surface area (Å²) in [7, 11) is 0. The van der Waals surface area contributed by atoms with Crippen molar-refractivity contribution in [1.82, 2.24) is 5.32 Å². The van der Waals surface area contributed by atoms with Crippen molar-refractivity contribution < 1.29 is 14.3 Å². The molecule has 0 atom stereocenters. The van der Waals surface area contributed by atoms with Crippen molar-refractivity contribution in [2.75, 3.05) is 18.5 Å². The lowest BCUT2D eigenvalue weighted by atomic mass is 10.2. The molecule has 0 aromatic heterocycles.